The number of amides is 2. The number of hydrogen-bond acceptors (Lipinski definition) is 6. The molecule has 3 aromatic heterocycles. The number of rotatable bonds is 5. The number of carbonyl (C=O) groups is 2. The van der Waals surface area contributed by atoms with Gasteiger partial charge in [-0.05, 0) is 55.7 Å². The number of carbonyl (C=O) groups excluding carboxylic acids is 2. The molecule has 1 saturated carbocycles. The van der Waals surface area contributed by atoms with E-state index >= 15 is 0 Å². The first-order valence-corrected chi connectivity index (χ1v) is 13.1. The lowest BCUT2D eigenvalue weighted by molar-refractivity contribution is 0.0690. The van der Waals surface area contributed by atoms with Crippen molar-refractivity contribution in [1.29, 1.82) is 0 Å². The quantitative estimate of drug-likeness (QED) is 0.451. The molecule has 0 bridgehead atoms. The average molecular weight is 492 g/mol. The molecule has 7 nitrogen and oxygen atoms in total. The minimum Gasteiger partial charge on any atom is -0.349 e. The lowest BCUT2D eigenvalue weighted by Crippen LogP contribution is -2.45. The molecule has 0 radical (unpaired) electrons. The number of benzene rings is 1. The van der Waals surface area contributed by atoms with Crippen molar-refractivity contribution >= 4 is 39.4 Å². The first-order chi connectivity index (χ1) is 16.4. The molecule has 174 valence electrons. The van der Waals surface area contributed by atoms with Crippen molar-refractivity contribution in [3.05, 3.63) is 63.5 Å². The van der Waals surface area contributed by atoms with Gasteiger partial charge in [0.15, 0.2) is 4.96 Å². The Bertz CT molecular complexity index is 1410. The van der Waals surface area contributed by atoms with Crippen LogP contribution in [0.15, 0.2) is 36.0 Å². The van der Waals surface area contributed by atoms with E-state index in [1.165, 1.54) is 22.5 Å². The molecular weight excluding hydrogens is 466 g/mol. The third-order valence-corrected chi connectivity index (χ3v) is 8.86. The molecule has 34 heavy (non-hydrogen) atoms. The molecule has 3 atom stereocenters. The van der Waals surface area contributed by atoms with Crippen LogP contribution < -0.4 is 5.32 Å². The number of imidazole rings is 1. The van der Waals surface area contributed by atoms with Crippen LogP contribution in [0, 0.1) is 32.6 Å². The fourth-order valence-corrected chi connectivity index (χ4v) is 6.58. The van der Waals surface area contributed by atoms with E-state index in [1.807, 2.05) is 27.8 Å². The molecule has 4 heterocycles. The molecule has 1 N–H and O–H groups in total. The first kappa shape index (κ1) is 21.5. The number of aromatic nitrogens is 3. The van der Waals surface area contributed by atoms with Crippen LogP contribution in [0.25, 0.3) is 15.4 Å². The Morgan fingerprint density at radius 3 is 2.82 bits per heavy atom. The minimum atomic E-state index is -0.201. The predicted molar refractivity (Wildman–Crippen MR) is 134 cm³/mol. The fourth-order valence-electron chi connectivity index (χ4n) is 4.98. The molecule has 2 amide bonds. The maximum atomic E-state index is 13.7. The minimum absolute atomic E-state index is 0.0141. The van der Waals surface area contributed by atoms with Gasteiger partial charge in [0.05, 0.1) is 15.9 Å². The SMILES string of the molecule is Cc1nc(C(=O)N2C[C@H]3C[C@H]3[C@H]2CNC(=O)c2cn3ccsc3n2)c(-c2ccc(C)c(C)c2)s1. The summed E-state index contributed by atoms with van der Waals surface area (Å²) < 4.78 is 1.85. The summed E-state index contributed by atoms with van der Waals surface area (Å²) >= 11 is 3.06. The summed E-state index contributed by atoms with van der Waals surface area (Å²) in [5, 5.41) is 5.84. The van der Waals surface area contributed by atoms with Crippen LogP contribution in [0.3, 0.4) is 0 Å². The number of piperidine rings is 1. The molecule has 1 saturated heterocycles. The van der Waals surface area contributed by atoms with Gasteiger partial charge in [-0.2, -0.15) is 0 Å². The second-order valence-corrected chi connectivity index (χ2v) is 11.4. The Hall–Kier alpha value is -3.04. The predicted octanol–water partition coefficient (Wildman–Crippen LogP) is 4.34. The van der Waals surface area contributed by atoms with Crippen LogP contribution in [0.2, 0.25) is 0 Å². The molecular formula is C25H25N5O2S2. The summed E-state index contributed by atoms with van der Waals surface area (Å²) in [6.45, 7) is 7.28. The summed E-state index contributed by atoms with van der Waals surface area (Å²) in [6, 6.07) is 6.28. The molecule has 1 aliphatic carbocycles. The third-order valence-electron chi connectivity index (χ3n) is 7.07. The second-order valence-electron chi connectivity index (χ2n) is 9.32. The van der Waals surface area contributed by atoms with Crippen LogP contribution in [-0.2, 0) is 0 Å². The van der Waals surface area contributed by atoms with Crippen molar-refractivity contribution in [3.8, 4) is 10.4 Å². The van der Waals surface area contributed by atoms with Gasteiger partial charge in [-0.3, -0.25) is 14.0 Å². The maximum absolute atomic E-state index is 13.7. The summed E-state index contributed by atoms with van der Waals surface area (Å²) in [5.74, 6) is 0.729. The third kappa shape index (κ3) is 3.63. The highest BCUT2D eigenvalue weighted by atomic mass is 32.1. The van der Waals surface area contributed by atoms with E-state index < -0.39 is 0 Å². The molecule has 1 aromatic carbocycles. The number of likely N-dealkylation sites (tertiary alicyclic amines) is 1. The van der Waals surface area contributed by atoms with E-state index in [1.54, 1.807) is 17.5 Å². The van der Waals surface area contributed by atoms with E-state index in [0.29, 0.717) is 29.8 Å². The summed E-state index contributed by atoms with van der Waals surface area (Å²) in [5.41, 5.74) is 4.39. The van der Waals surface area contributed by atoms with Crippen molar-refractivity contribution < 1.29 is 9.59 Å². The molecule has 2 aliphatic rings. The van der Waals surface area contributed by atoms with Gasteiger partial charge >= 0.3 is 0 Å². The summed E-state index contributed by atoms with van der Waals surface area (Å²) in [6.07, 6.45) is 4.75. The number of aryl methyl sites for hydroxylation is 3. The zero-order chi connectivity index (χ0) is 23.6. The molecule has 0 unspecified atom stereocenters. The number of hydrogen-bond donors (Lipinski definition) is 1. The van der Waals surface area contributed by atoms with E-state index in [9.17, 15) is 9.59 Å². The zero-order valence-corrected chi connectivity index (χ0v) is 20.9. The van der Waals surface area contributed by atoms with Gasteiger partial charge in [-0.25, -0.2) is 9.97 Å². The Morgan fingerprint density at radius 2 is 2.03 bits per heavy atom. The van der Waals surface area contributed by atoms with E-state index in [-0.39, 0.29) is 17.9 Å². The van der Waals surface area contributed by atoms with Crippen molar-refractivity contribution in [2.45, 2.75) is 33.2 Å². The lowest BCUT2D eigenvalue weighted by Gasteiger charge is -2.27. The van der Waals surface area contributed by atoms with E-state index in [4.69, 9.17) is 0 Å². The maximum Gasteiger partial charge on any atom is 0.274 e. The van der Waals surface area contributed by atoms with Gasteiger partial charge in [-0.15, -0.1) is 22.7 Å². The van der Waals surface area contributed by atoms with Gasteiger partial charge in [0.2, 0.25) is 0 Å². The average Bonchev–Trinajstić information content (AvgIpc) is 3.19. The molecule has 9 heteroatoms. The Morgan fingerprint density at radius 1 is 1.18 bits per heavy atom. The highest BCUT2D eigenvalue weighted by Gasteiger charge is 2.54. The fraction of sp³-hybridized carbons (Fsp3) is 0.360. The lowest BCUT2D eigenvalue weighted by atomic mass is 10.0. The smallest absolute Gasteiger partial charge is 0.274 e. The Labute approximate surface area is 205 Å². The zero-order valence-electron chi connectivity index (χ0n) is 19.2. The molecule has 4 aromatic rings. The highest BCUT2D eigenvalue weighted by molar-refractivity contribution is 7.15. The first-order valence-electron chi connectivity index (χ1n) is 11.5. The van der Waals surface area contributed by atoms with Gasteiger partial charge in [0.1, 0.15) is 11.4 Å². The normalized spacial score (nSPS) is 21.1. The number of nitrogens with one attached hydrogen (secondary N) is 1. The Balaban J connectivity index is 1.22. The summed E-state index contributed by atoms with van der Waals surface area (Å²) in [4.78, 5) is 39.2. The molecule has 2 fully saturated rings. The highest BCUT2D eigenvalue weighted by Crippen LogP contribution is 2.50. The molecule has 6 rings (SSSR count). The number of nitrogens with zero attached hydrogens (tertiary/aromatic N) is 4. The van der Waals surface area contributed by atoms with Crippen LogP contribution >= 0.6 is 22.7 Å². The van der Waals surface area contributed by atoms with Crippen molar-refractivity contribution in [3.63, 3.8) is 0 Å². The summed E-state index contributed by atoms with van der Waals surface area (Å²) in [7, 11) is 0. The van der Waals surface area contributed by atoms with Crippen LogP contribution in [0.4, 0.5) is 0 Å². The standard InChI is InChI=1S/C25H25N5O2S2/c1-13-4-5-16(8-14(13)2)22-21(27-15(3)34-22)24(32)30-11-17-9-18(17)20(30)10-26-23(31)19-12-29-6-7-33-25(29)28-19/h4-8,12,17-18,20H,9-11H2,1-3H3,(H,26,31)/t17-,18-,20-/m1/s1. The van der Waals surface area contributed by atoms with Gasteiger partial charge < -0.3 is 10.2 Å². The van der Waals surface area contributed by atoms with Crippen LogP contribution in [-0.4, -0.2) is 50.2 Å². The largest absolute Gasteiger partial charge is 0.349 e. The molecule has 0 spiro atoms. The van der Waals surface area contributed by atoms with Crippen LogP contribution in [0.5, 0.6) is 0 Å². The topological polar surface area (TPSA) is 79.6 Å². The monoisotopic (exact) mass is 491 g/mol. The number of fused-ring (bicyclic) bond motifs is 2. The van der Waals surface area contributed by atoms with Gasteiger partial charge in [-0.1, -0.05) is 18.2 Å². The van der Waals surface area contributed by atoms with Crippen molar-refractivity contribution in [2.75, 3.05) is 13.1 Å². The Kier molecular flexibility index (Phi) is 5.07. The van der Waals surface area contributed by atoms with E-state index in [0.717, 1.165) is 33.4 Å². The van der Waals surface area contributed by atoms with Gasteiger partial charge in [0.25, 0.3) is 11.8 Å². The van der Waals surface area contributed by atoms with Crippen molar-refractivity contribution in [2.24, 2.45) is 11.8 Å². The van der Waals surface area contributed by atoms with E-state index in [2.05, 4.69) is 47.3 Å². The second kappa shape index (κ2) is 8.02. The van der Waals surface area contributed by atoms with Crippen molar-refractivity contribution in [1.82, 2.24) is 24.6 Å². The van der Waals surface area contributed by atoms with Crippen LogP contribution in [0.1, 0.15) is 43.5 Å². The molecule has 1 aliphatic heterocycles. The number of thiazole rings is 2. The van der Waals surface area contributed by atoms with Gasteiger partial charge in [0, 0.05) is 30.9 Å².